The number of ether oxygens (including phenoxy) is 15. The number of benzene rings is 9. The Kier molecular flexibility index (Phi) is 28.8. The standard InChI is InChI=1S/C85H92O16S/c1-3-102-85-82(79(95-57-70-47-29-12-30-48-70)76(92-54-67-41-23-9-24-42-67)73(99-85)60-89-51-64-35-17-6-18-36-64)101-84-81(78(94-56-69-45-27-11-28-46-69)75(91-53-66-39-21-8-22-40-66)72(98-84)59-88-50-63-33-15-5-16-34-63)100-83-80(96-61(2)86)77(93-55-68-43-25-10-26-44-68)74(90-52-65-37-19-7-20-38-65)71(97-83)58-87-49-62-31-13-4-14-32-62/h4-48,71-85H,3,49-60H2,1-2H3/t71?,72?,73?,74-,75+,76-,77+,78+,79+,80?,81?,82?,83-,84-,85-/m1/s1. The lowest BCUT2D eigenvalue weighted by Crippen LogP contribution is -2.68. The summed E-state index contributed by atoms with van der Waals surface area (Å²) in [6, 6.07) is 89.5. The van der Waals surface area contributed by atoms with Crippen molar-refractivity contribution in [1.29, 1.82) is 0 Å². The predicted molar refractivity (Wildman–Crippen MR) is 388 cm³/mol. The Morgan fingerprint density at radius 3 is 0.814 bits per heavy atom. The maximum Gasteiger partial charge on any atom is 0.303 e. The molecule has 16 nitrogen and oxygen atoms in total. The Morgan fingerprint density at radius 2 is 0.529 bits per heavy atom. The normalized spacial score (nSPS) is 25.0. The highest BCUT2D eigenvalue weighted by Crippen LogP contribution is 2.41. The number of carbonyl (C=O) groups excluding carboxylic acids is 1. The molecule has 3 fully saturated rings. The highest BCUT2D eigenvalue weighted by Gasteiger charge is 2.58. The molecule has 17 heteroatoms. The van der Waals surface area contributed by atoms with E-state index < -0.39 is 97.2 Å². The highest BCUT2D eigenvalue weighted by atomic mass is 32.2. The summed E-state index contributed by atoms with van der Waals surface area (Å²) in [5.41, 5.74) is 7.65. The van der Waals surface area contributed by atoms with E-state index in [0.717, 1.165) is 50.1 Å². The SMILES string of the molecule is CCS[C@H]1OC(COCc2ccccc2)[C@@H](OCc2ccccc2)[C@H](OCc2ccccc2)C1O[C@H]1OC(COCc2ccccc2)[C@H](OCc2ccccc2)[C@H](OCc2ccccc2)C1O[C@H]1OC(COCc2ccccc2)[C@@H](OCc2ccccc2)[C@H](OCc2ccccc2)C1OC(C)=O. The van der Waals surface area contributed by atoms with Crippen LogP contribution in [0, 0.1) is 0 Å². The first kappa shape index (κ1) is 74.0. The lowest BCUT2D eigenvalue weighted by molar-refractivity contribution is -0.391. The van der Waals surface area contributed by atoms with Crippen LogP contribution in [-0.4, -0.2) is 123 Å². The van der Waals surface area contributed by atoms with Crippen LogP contribution in [0.2, 0.25) is 0 Å². The van der Waals surface area contributed by atoms with Crippen molar-refractivity contribution in [1.82, 2.24) is 0 Å². The smallest absolute Gasteiger partial charge is 0.303 e. The van der Waals surface area contributed by atoms with E-state index in [2.05, 4.69) is 6.92 Å². The summed E-state index contributed by atoms with van der Waals surface area (Å²) in [6.07, 6.45) is -14.5. The molecule has 3 aliphatic heterocycles. The summed E-state index contributed by atoms with van der Waals surface area (Å²) in [5, 5.41) is 0. The largest absolute Gasteiger partial charge is 0.454 e. The average molecular weight is 1400 g/mol. The molecule has 0 bridgehead atoms. The van der Waals surface area contributed by atoms with E-state index in [1.54, 1.807) is 11.8 Å². The van der Waals surface area contributed by atoms with E-state index in [1.165, 1.54) is 6.92 Å². The van der Waals surface area contributed by atoms with Crippen molar-refractivity contribution in [2.24, 2.45) is 0 Å². The summed E-state index contributed by atoms with van der Waals surface area (Å²) in [7, 11) is 0. The average Bonchev–Trinajstić information content (AvgIpc) is 0.763. The van der Waals surface area contributed by atoms with Gasteiger partial charge in [-0.15, -0.1) is 11.8 Å². The summed E-state index contributed by atoms with van der Waals surface area (Å²) in [6.45, 7) is 5.37. The van der Waals surface area contributed by atoms with Crippen LogP contribution in [0.4, 0.5) is 0 Å². The van der Waals surface area contributed by atoms with Gasteiger partial charge in [0, 0.05) is 6.92 Å². The third-order valence-corrected chi connectivity index (χ3v) is 18.9. The Morgan fingerprint density at radius 1 is 0.294 bits per heavy atom. The van der Waals surface area contributed by atoms with Gasteiger partial charge in [0.2, 0.25) is 0 Å². The first-order valence-corrected chi connectivity index (χ1v) is 36.3. The van der Waals surface area contributed by atoms with Crippen LogP contribution < -0.4 is 0 Å². The van der Waals surface area contributed by atoms with Crippen molar-refractivity contribution in [3.05, 3.63) is 323 Å². The van der Waals surface area contributed by atoms with E-state index in [9.17, 15) is 4.79 Å². The quantitative estimate of drug-likeness (QED) is 0.0339. The maximum atomic E-state index is 14.1. The maximum absolute atomic E-state index is 14.1. The molecular weight excluding hydrogens is 1310 g/mol. The number of hydrogen-bond donors (Lipinski definition) is 0. The first-order valence-electron chi connectivity index (χ1n) is 35.2. The monoisotopic (exact) mass is 1400 g/mol. The number of thioether (sulfide) groups is 1. The number of carbonyl (C=O) groups is 1. The van der Waals surface area contributed by atoms with E-state index >= 15 is 0 Å². The molecule has 0 aliphatic carbocycles. The number of esters is 1. The van der Waals surface area contributed by atoms with E-state index in [-0.39, 0.29) is 72.7 Å². The molecule has 3 aliphatic rings. The van der Waals surface area contributed by atoms with Gasteiger partial charge in [0.25, 0.3) is 0 Å². The third-order valence-electron chi connectivity index (χ3n) is 17.9. The fourth-order valence-corrected chi connectivity index (χ4v) is 13.8. The molecule has 0 aromatic heterocycles. The molecule has 3 saturated heterocycles. The van der Waals surface area contributed by atoms with E-state index in [0.29, 0.717) is 12.4 Å². The number of hydrogen-bond acceptors (Lipinski definition) is 17. The zero-order valence-corrected chi connectivity index (χ0v) is 58.6. The van der Waals surface area contributed by atoms with Crippen molar-refractivity contribution in [2.45, 2.75) is 165 Å². The zero-order chi connectivity index (χ0) is 69.8. The van der Waals surface area contributed by atoms with Crippen molar-refractivity contribution in [2.75, 3.05) is 25.6 Å². The van der Waals surface area contributed by atoms with Crippen LogP contribution in [-0.2, 0) is 135 Å². The molecule has 12 rings (SSSR count). The Balaban J connectivity index is 0.991. The topological polar surface area (TPSA) is 156 Å². The molecule has 9 aromatic rings. The molecule has 0 N–H and O–H groups in total. The van der Waals surface area contributed by atoms with Gasteiger partial charge in [-0.3, -0.25) is 4.79 Å². The van der Waals surface area contributed by atoms with Crippen LogP contribution in [0.3, 0.4) is 0 Å². The molecule has 0 amide bonds. The third kappa shape index (κ3) is 21.9. The van der Waals surface area contributed by atoms with Gasteiger partial charge in [0.1, 0.15) is 72.6 Å². The predicted octanol–water partition coefficient (Wildman–Crippen LogP) is 14.8. The summed E-state index contributed by atoms with van der Waals surface area (Å²) in [4.78, 5) is 14.1. The van der Waals surface area contributed by atoms with Gasteiger partial charge in [-0.25, -0.2) is 0 Å². The van der Waals surface area contributed by atoms with Crippen LogP contribution >= 0.6 is 11.8 Å². The zero-order valence-electron chi connectivity index (χ0n) is 57.8. The van der Waals surface area contributed by atoms with Crippen LogP contribution in [0.25, 0.3) is 0 Å². The fraction of sp³-hybridized carbons (Fsp3) is 0.353. The summed E-state index contributed by atoms with van der Waals surface area (Å²) >= 11 is 1.57. The molecule has 0 spiro atoms. The van der Waals surface area contributed by atoms with Gasteiger partial charge in [-0.1, -0.05) is 280 Å². The van der Waals surface area contributed by atoms with Gasteiger partial charge in [-0.2, -0.15) is 0 Å². The Labute approximate surface area is 603 Å². The summed E-state index contributed by atoms with van der Waals surface area (Å²) < 4.78 is 108. The van der Waals surface area contributed by atoms with Crippen molar-refractivity contribution in [3.8, 4) is 0 Å². The van der Waals surface area contributed by atoms with Gasteiger partial charge < -0.3 is 71.1 Å². The van der Waals surface area contributed by atoms with Crippen molar-refractivity contribution >= 4 is 17.7 Å². The van der Waals surface area contributed by atoms with E-state index in [4.69, 9.17) is 71.1 Å². The second-order valence-electron chi connectivity index (χ2n) is 25.4. The molecule has 6 unspecified atom stereocenters. The second-order valence-corrected chi connectivity index (χ2v) is 26.8. The Bertz CT molecular complexity index is 3770. The lowest BCUT2D eigenvalue weighted by Gasteiger charge is -2.52. The minimum Gasteiger partial charge on any atom is -0.454 e. The Hall–Kier alpha value is -7.76. The first-order chi connectivity index (χ1) is 50.4. The van der Waals surface area contributed by atoms with Crippen molar-refractivity contribution < 1.29 is 75.8 Å². The second kappa shape index (κ2) is 39.8. The fourth-order valence-electron chi connectivity index (χ4n) is 12.8. The molecule has 0 radical (unpaired) electrons. The van der Waals surface area contributed by atoms with Gasteiger partial charge in [0.15, 0.2) is 18.7 Å². The molecule has 9 aromatic carbocycles. The van der Waals surface area contributed by atoms with Gasteiger partial charge >= 0.3 is 5.97 Å². The highest BCUT2D eigenvalue weighted by molar-refractivity contribution is 7.99. The van der Waals surface area contributed by atoms with Gasteiger partial charge in [-0.05, 0) is 55.8 Å². The molecule has 0 saturated carbocycles. The minimum absolute atomic E-state index is 0.00123. The molecule has 534 valence electrons. The molecular formula is C85H92O16S. The summed E-state index contributed by atoms with van der Waals surface area (Å²) in [5.74, 6) is 0.00488. The van der Waals surface area contributed by atoms with E-state index in [1.807, 2.05) is 273 Å². The van der Waals surface area contributed by atoms with Gasteiger partial charge in [0.05, 0.1) is 79.3 Å². The minimum atomic E-state index is -1.46. The molecule has 15 atom stereocenters. The lowest BCUT2D eigenvalue weighted by atomic mass is 9.95. The van der Waals surface area contributed by atoms with Crippen LogP contribution in [0.5, 0.6) is 0 Å². The van der Waals surface area contributed by atoms with Crippen LogP contribution in [0.15, 0.2) is 273 Å². The molecule has 102 heavy (non-hydrogen) atoms. The molecule has 3 heterocycles. The van der Waals surface area contributed by atoms with Crippen molar-refractivity contribution in [3.63, 3.8) is 0 Å². The van der Waals surface area contributed by atoms with Crippen LogP contribution in [0.1, 0.15) is 63.9 Å². The number of rotatable bonds is 37.